The molecule has 0 saturated heterocycles. The van der Waals surface area contributed by atoms with Crippen molar-refractivity contribution in [3.63, 3.8) is 0 Å². The quantitative estimate of drug-likeness (QED) is 0.426. The predicted octanol–water partition coefficient (Wildman–Crippen LogP) is 3.45. The molecule has 3 rings (SSSR count). The molecule has 0 aliphatic heterocycles. The Labute approximate surface area is 173 Å². The van der Waals surface area contributed by atoms with Gasteiger partial charge in [0.05, 0.1) is 0 Å². The number of benzene rings is 1. The number of carbonyl (C=O) groups excluding carboxylic acids is 1. The first kappa shape index (κ1) is 20.7. The minimum atomic E-state index is 0.0719. The van der Waals surface area contributed by atoms with Gasteiger partial charge in [0.15, 0.2) is 0 Å². The second kappa shape index (κ2) is 9.93. The fraction of sp³-hybridized carbons (Fsp3) is 0.400. The van der Waals surface area contributed by atoms with E-state index >= 15 is 0 Å². The van der Waals surface area contributed by atoms with Gasteiger partial charge in [-0.05, 0) is 37.7 Å². The van der Waals surface area contributed by atoms with Crippen LogP contribution in [0.5, 0.6) is 0 Å². The van der Waals surface area contributed by atoms with Gasteiger partial charge < -0.3 is 5.32 Å². The summed E-state index contributed by atoms with van der Waals surface area (Å²) >= 11 is 3.32. The molecule has 0 unspecified atom stereocenters. The van der Waals surface area contributed by atoms with Crippen LogP contribution in [0.1, 0.15) is 28.9 Å². The van der Waals surface area contributed by atoms with E-state index in [-0.39, 0.29) is 5.91 Å². The van der Waals surface area contributed by atoms with Crippen molar-refractivity contribution in [3.8, 4) is 0 Å². The molecule has 0 radical (unpaired) electrons. The molecule has 28 heavy (non-hydrogen) atoms. The first-order chi connectivity index (χ1) is 13.6. The van der Waals surface area contributed by atoms with Crippen LogP contribution in [-0.4, -0.2) is 44.0 Å². The first-order valence-corrected chi connectivity index (χ1v) is 11.6. The van der Waals surface area contributed by atoms with Crippen molar-refractivity contribution in [2.24, 2.45) is 0 Å². The number of amides is 1. The summed E-state index contributed by atoms with van der Waals surface area (Å²) in [6.45, 7) is 4.66. The molecule has 0 spiro atoms. The molecule has 1 N–H and O–H groups in total. The molecule has 0 fully saturated rings. The van der Waals surface area contributed by atoms with Gasteiger partial charge in [0.1, 0.15) is 0 Å². The molecule has 1 aromatic carbocycles. The standard InChI is InChI=1S/C20H25N5OS2/c1-14-17(15(2)25-19(22-14)23-20(24-25)27-3)9-10-18(26)21-11-12-28-13-16-7-5-4-6-8-16/h4-8H,9-13H2,1-3H3,(H,21,26). The third kappa shape index (κ3) is 5.26. The molecule has 2 aromatic heterocycles. The van der Waals surface area contributed by atoms with E-state index in [9.17, 15) is 4.79 Å². The van der Waals surface area contributed by atoms with E-state index in [2.05, 4.69) is 44.6 Å². The van der Waals surface area contributed by atoms with Gasteiger partial charge >= 0.3 is 0 Å². The number of aryl methyl sites for hydroxylation is 2. The molecule has 0 aliphatic rings. The number of nitrogens with zero attached hydrogens (tertiary/aromatic N) is 4. The van der Waals surface area contributed by atoms with Crippen LogP contribution in [0.4, 0.5) is 0 Å². The summed E-state index contributed by atoms with van der Waals surface area (Å²) in [5.74, 6) is 2.56. The zero-order valence-corrected chi connectivity index (χ0v) is 18.1. The van der Waals surface area contributed by atoms with Crippen LogP contribution >= 0.6 is 23.5 Å². The molecule has 0 saturated carbocycles. The predicted molar refractivity (Wildman–Crippen MR) is 116 cm³/mol. The summed E-state index contributed by atoms with van der Waals surface area (Å²) in [6, 6.07) is 10.4. The van der Waals surface area contributed by atoms with Crippen molar-refractivity contribution in [1.29, 1.82) is 0 Å². The van der Waals surface area contributed by atoms with Crippen molar-refractivity contribution >= 4 is 35.2 Å². The summed E-state index contributed by atoms with van der Waals surface area (Å²) in [7, 11) is 0. The number of aromatic nitrogens is 4. The number of fused-ring (bicyclic) bond motifs is 1. The molecule has 0 atom stereocenters. The lowest BCUT2D eigenvalue weighted by Gasteiger charge is -2.10. The zero-order chi connectivity index (χ0) is 19.9. The Hall–Kier alpha value is -2.06. The Balaban J connectivity index is 1.46. The molecular weight excluding hydrogens is 390 g/mol. The highest BCUT2D eigenvalue weighted by molar-refractivity contribution is 7.98. The number of hydrogen-bond acceptors (Lipinski definition) is 6. The highest BCUT2D eigenvalue weighted by Gasteiger charge is 2.14. The Morgan fingerprint density at radius 2 is 1.96 bits per heavy atom. The first-order valence-electron chi connectivity index (χ1n) is 9.23. The highest BCUT2D eigenvalue weighted by atomic mass is 32.2. The van der Waals surface area contributed by atoms with E-state index in [4.69, 9.17) is 0 Å². The van der Waals surface area contributed by atoms with Gasteiger partial charge in [-0.25, -0.2) is 9.50 Å². The monoisotopic (exact) mass is 415 g/mol. The number of carbonyl (C=O) groups is 1. The van der Waals surface area contributed by atoms with Gasteiger partial charge in [-0.15, -0.1) is 5.10 Å². The summed E-state index contributed by atoms with van der Waals surface area (Å²) in [5, 5.41) is 8.17. The highest BCUT2D eigenvalue weighted by Crippen LogP contribution is 2.18. The average Bonchev–Trinajstić information content (AvgIpc) is 3.11. The maximum absolute atomic E-state index is 12.2. The zero-order valence-electron chi connectivity index (χ0n) is 16.4. The molecule has 8 heteroatoms. The van der Waals surface area contributed by atoms with Crippen LogP contribution in [0, 0.1) is 13.8 Å². The lowest BCUT2D eigenvalue weighted by atomic mass is 10.1. The molecule has 3 aromatic rings. The van der Waals surface area contributed by atoms with E-state index in [1.54, 1.807) is 4.52 Å². The molecule has 2 heterocycles. The molecular formula is C20H25N5OS2. The SMILES string of the molecule is CSc1nc2nc(C)c(CCC(=O)NCCSCc3ccccc3)c(C)n2n1. The normalized spacial score (nSPS) is 11.1. The van der Waals surface area contributed by atoms with Crippen molar-refractivity contribution < 1.29 is 4.79 Å². The van der Waals surface area contributed by atoms with Gasteiger partial charge in [-0.2, -0.15) is 16.7 Å². The third-order valence-electron chi connectivity index (χ3n) is 4.49. The summed E-state index contributed by atoms with van der Waals surface area (Å²) in [5.41, 5.74) is 4.29. The lowest BCUT2D eigenvalue weighted by molar-refractivity contribution is -0.120. The fourth-order valence-electron chi connectivity index (χ4n) is 2.99. The van der Waals surface area contributed by atoms with Crippen LogP contribution in [0.25, 0.3) is 5.78 Å². The Morgan fingerprint density at radius 1 is 1.18 bits per heavy atom. The van der Waals surface area contributed by atoms with Crippen LogP contribution < -0.4 is 5.32 Å². The fourth-order valence-corrected chi connectivity index (χ4v) is 4.15. The lowest BCUT2D eigenvalue weighted by Crippen LogP contribution is -2.26. The molecule has 6 nitrogen and oxygen atoms in total. The molecule has 148 valence electrons. The van der Waals surface area contributed by atoms with Gasteiger partial charge in [-0.1, -0.05) is 42.1 Å². The van der Waals surface area contributed by atoms with Crippen molar-refractivity contribution in [1.82, 2.24) is 24.9 Å². The van der Waals surface area contributed by atoms with E-state index in [0.29, 0.717) is 30.3 Å². The minimum Gasteiger partial charge on any atom is -0.355 e. The maximum atomic E-state index is 12.2. The smallest absolute Gasteiger partial charge is 0.253 e. The topological polar surface area (TPSA) is 72.2 Å². The Kier molecular flexibility index (Phi) is 7.33. The third-order valence-corrected chi connectivity index (χ3v) is 6.06. The number of hydrogen-bond donors (Lipinski definition) is 1. The van der Waals surface area contributed by atoms with Crippen LogP contribution in [0.15, 0.2) is 35.5 Å². The van der Waals surface area contributed by atoms with Gasteiger partial charge in [0, 0.05) is 35.9 Å². The summed E-state index contributed by atoms with van der Waals surface area (Å²) < 4.78 is 1.77. The van der Waals surface area contributed by atoms with E-state index in [1.807, 2.05) is 37.9 Å². The second-order valence-electron chi connectivity index (χ2n) is 6.46. The average molecular weight is 416 g/mol. The van der Waals surface area contributed by atoms with Gasteiger partial charge in [-0.3, -0.25) is 4.79 Å². The largest absolute Gasteiger partial charge is 0.355 e. The van der Waals surface area contributed by atoms with E-state index < -0.39 is 0 Å². The van der Waals surface area contributed by atoms with Crippen molar-refractivity contribution in [3.05, 3.63) is 52.8 Å². The Morgan fingerprint density at radius 3 is 2.71 bits per heavy atom. The second-order valence-corrected chi connectivity index (χ2v) is 8.34. The van der Waals surface area contributed by atoms with E-state index in [1.165, 1.54) is 17.3 Å². The van der Waals surface area contributed by atoms with Gasteiger partial charge in [0.25, 0.3) is 5.78 Å². The van der Waals surface area contributed by atoms with Crippen LogP contribution in [-0.2, 0) is 17.0 Å². The summed E-state index contributed by atoms with van der Waals surface area (Å²) in [6.07, 6.45) is 3.04. The van der Waals surface area contributed by atoms with Crippen molar-refractivity contribution in [2.45, 2.75) is 37.6 Å². The molecule has 1 amide bonds. The molecule has 0 aliphatic carbocycles. The Bertz CT molecular complexity index is 943. The maximum Gasteiger partial charge on any atom is 0.253 e. The summed E-state index contributed by atoms with van der Waals surface area (Å²) in [4.78, 5) is 21.1. The minimum absolute atomic E-state index is 0.0719. The van der Waals surface area contributed by atoms with E-state index in [0.717, 1.165) is 28.5 Å². The van der Waals surface area contributed by atoms with Gasteiger partial charge in [0.2, 0.25) is 11.1 Å². The number of rotatable bonds is 9. The number of nitrogens with one attached hydrogen (secondary N) is 1. The van der Waals surface area contributed by atoms with Crippen LogP contribution in [0.2, 0.25) is 0 Å². The molecule has 0 bridgehead atoms. The van der Waals surface area contributed by atoms with Crippen LogP contribution in [0.3, 0.4) is 0 Å². The number of thioether (sulfide) groups is 2. The van der Waals surface area contributed by atoms with Crippen molar-refractivity contribution in [2.75, 3.05) is 18.6 Å².